The minimum Gasteiger partial charge on any atom is -0.330 e. The van der Waals surface area contributed by atoms with Crippen molar-refractivity contribution in [3.63, 3.8) is 0 Å². The van der Waals surface area contributed by atoms with Crippen LogP contribution in [0.15, 0.2) is 43.5 Å². The van der Waals surface area contributed by atoms with Crippen molar-refractivity contribution in [3.8, 4) is 0 Å². The molecule has 3 N–H and O–H groups in total. The first kappa shape index (κ1) is 16.0. The fourth-order valence-electron chi connectivity index (χ4n) is 1.55. The van der Waals surface area contributed by atoms with Gasteiger partial charge in [0, 0.05) is 13.8 Å². The zero-order valence-electron chi connectivity index (χ0n) is 10.3. The van der Waals surface area contributed by atoms with Crippen LogP contribution in [0.1, 0.15) is 4.88 Å². The second kappa shape index (κ2) is 6.57. The van der Waals surface area contributed by atoms with Gasteiger partial charge in [-0.25, -0.2) is 8.42 Å². The molecule has 20 heavy (non-hydrogen) atoms. The van der Waals surface area contributed by atoms with E-state index in [4.69, 9.17) is 5.73 Å². The number of halogens is 2. The molecule has 4 nitrogen and oxygen atoms in total. The lowest BCUT2D eigenvalue weighted by Crippen LogP contribution is -2.11. The van der Waals surface area contributed by atoms with Crippen LogP contribution in [0.5, 0.6) is 0 Å². The van der Waals surface area contributed by atoms with Crippen LogP contribution in [0.25, 0.3) is 0 Å². The molecule has 0 aliphatic carbocycles. The Kier molecular flexibility index (Phi) is 5.25. The lowest BCUT2D eigenvalue weighted by atomic mass is 10.3. The topological polar surface area (TPSA) is 72.2 Å². The van der Waals surface area contributed by atoms with E-state index in [2.05, 4.69) is 36.6 Å². The van der Waals surface area contributed by atoms with Crippen molar-refractivity contribution in [3.05, 3.63) is 44.2 Å². The van der Waals surface area contributed by atoms with Crippen molar-refractivity contribution in [1.29, 1.82) is 0 Å². The van der Waals surface area contributed by atoms with E-state index in [1.807, 2.05) is 6.07 Å². The third kappa shape index (κ3) is 3.82. The van der Waals surface area contributed by atoms with Gasteiger partial charge in [-0.05, 0) is 59.2 Å². The van der Waals surface area contributed by atoms with E-state index in [-0.39, 0.29) is 4.21 Å². The molecule has 0 saturated heterocycles. The second-order valence-corrected chi connectivity index (χ2v) is 8.84. The summed E-state index contributed by atoms with van der Waals surface area (Å²) in [6, 6.07) is 8.70. The molecule has 8 heteroatoms. The van der Waals surface area contributed by atoms with E-state index in [0.717, 1.165) is 9.35 Å². The van der Waals surface area contributed by atoms with E-state index >= 15 is 0 Å². The van der Waals surface area contributed by atoms with Gasteiger partial charge in [-0.15, -0.1) is 11.3 Å². The number of nitrogens with one attached hydrogen (secondary N) is 1. The molecule has 0 atom stereocenters. The van der Waals surface area contributed by atoms with Crippen LogP contribution in [0.2, 0.25) is 0 Å². The highest BCUT2D eigenvalue weighted by Crippen LogP contribution is 2.30. The van der Waals surface area contributed by atoms with Crippen LogP contribution in [0.3, 0.4) is 0 Å². The molecule has 1 aromatic heterocycles. The maximum absolute atomic E-state index is 12.3. The molecule has 0 aliphatic heterocycles. The van der Waals surface area contributed by atoms with Gasteiger partial charge in [0.25, 0.3) is 10.0 Å². The summed E-state index contributed by atoms with van der Waals surface area (Å²) in [6.45, 7) is 0.505. The zero-order chi connectivity index (χ0) is 14.8. The van der Waals surface area contributed by atoms with Crippen LogP contribution in [0.4, 0.5) is 5.69 Å². The van der Waals surface area contributed by atoms with Gasteiger partial charge in [0.15, 0.2) is 0 Å². The fourth-order valence-corrected chi connectivity index (χ4v) is 4.83. The molecule has 108 valence electrons. The van der Waals surface area contributed by atoms with Crippen molar-refractivity contribution in [1.82, 2.24) is 0 Å². The van der Waals surface area contributed by atoms with Gasteiger partial charge in [-0.1, -0.05) is 15.9 Å². The third-order valence-electron chi connectivity index (χ3n) is 2.47. The molecule has 0 bridgehead atoms. The van der Waals surface area contributed by atoms with Crippen LogP contribution < -0.4 is 10.5 Å². The summed E-state index contributed by atoms with van der Waals surface area (Å²) in [5.74, 6) is 0. The number of thiophene rings is 1. The molecule has 0 unspecified atom stereocenters. The smallest absolute Gasteiger partial charge is 0.271 e. The first-order chi connectivity index (χ1) is 9.42. The maximum Gasteiger partial charge on any atom is 0.271 e. The molecule has 1 aromatic carbocycles. The Morgan fingerprint density at radius 2 is 1.95 bits per heavy atom. The van der Waals surface area contributed by atoms with Gasteiger partial charge >= 0.3 is 0 Å². The quantitative estimate of drug-likeness (QED) is 0.747. The van der Waals surface area contributed by atoms with Crippen molar-refractivity contribution < 1.29 is 8.42 Å². The number of nitrogens with two attached hydrogens (primary N) is 1. The molecule has 1 heterocycles. The van der Waals surface area contributed by atoms with E-state index in [9.17, 15) is 8.42 Å². The molecule has 0 amide bonds. The average Bonchev–Trinajstić information content (AvgIpc) is 2.83. The minimum absolute atomic E-state index is 0.285. The third-order valence-corrected chi connectivity index (χ3v) is 6.65. The fraction of sp³-hybridized carbons (Fsp3) is 0.167. The van der Waals surface area contributed by atoms with E-state index in [0.29, 0.717) is 23.1 Å². The molecular formula is C12H12Br2N2O2S2. The Hall–Kier alpha value is -0.410. The predicted molar refractivity (Wildman–Crippen MR) is 89.7 cm³/mol. The molecule has 2 aromatic rings. The van der Waals surface area contributed by atoms with Crippen molar-refractivity contribution in [2.24, 2.45) is 5.73 Å². The summed E-state index contributed by atoms with van der Waals surface area (Å²) in [4.78, 5) is 0.959. The number of hydrogen-bond acceptors (Lipinski definition) is 4. The van der Waals surface area contributed by atoms with Gasteiger partial charge in [0.2, 0.25) is 0 Å². The second-order valence-electron chi connectivity index (χ2n) is 3.99. The number of benzene rings is 1. The van der Waals surface area contributed by atoms with Crippen molar-refractivity contribution in [2.75, 3.05) is 11.3 Å². The first-order valence-electron chi connectivity index (χ1n) is 5.69. The minimum atomic E-state index is -3.57. The van der Waals surface area contributed by atoms with Gasteiger partial charge in [0.1, 0.15) is 4.21 Å². The van der Waals surface area contributed by atoms with Gasteiger partial charge in [-0.3, -0.25) is 4.72 Å². The molecular weight excluding hydrogens is 428 g/mol. The monoisotopic (exact) mass is 438 g/mol. The molecule has 0 spiro atoms. The number of sulfonamides is 1. The van der Waals surface area contributed by atoms with Crippen molar-refractivity contribution >= 4 is 58.9 Å². The zero-order valence-corrected chi connectivity index (χ0v) is 15.1. The summed E-state index contributed by atoms with van der Waals surface area (Å²) < 4.78 is 29.0. The summed E-state index contributed by atoms with van der Waals surface area (Å²) in [7, 11) is -3.57. The van der Waals surface area contributed by atoms with Gasteiger partial charge < -0.3 is 5.73 Å². The van der Waals surface area contributed by atoms with Gasteiger partial charge in [0.05, 0.1) is 5.69 Å². The predicted octanol–water partition coefficient (Wildman–Crippen LogP) is 3.58. The lowest BCUT2D eigenvalue weighted by molar-refractivity contribution is 0.603. The Balaban J connectivity index is 2.28. The summed E-state index contributed by atoms with van der Waals surface area (Å²) >= 11 is 7.88. The van der Waals surface area contributed by atoms with Gasteiger partial charge in [-0.2, -0.15) is 0 Å². The summed E-state index contributed by atoms with van der Waals surface area (Å²) in [5, 5.41) is 0. The van der Waals surface area contributed by atoms with Crippen LogP contribution in [-0.2, 0) is 16.4 Å². The van der Waals surface area contributed by atoms with Crippen LogP contribution in [0, 0.1) is 0 Å². The highest BCUT2D eigenvalue weighted by molar-refractivity contribution is 9.11. The average molecular weight is 440 g/mol. The summed E-state index contributed by atoms with van der Waals surface area (Å²) in [5.41, 5.74) is 5.96. The normalized spacial score (nSPS) is 11.6. The SMILES string of the molecule is NCCc1ccc(S(=O)(=O)Nc2cc(Br)ccc2Br)s1. The molecule has 0 saturated carbocycles. The number of anilines is 1. The van der Waals surface area contributed by atoms with E-state index < -0.39 is 10.0 Å². The Morgan fingerprint density at radius 3 is 2.65 bits per heavy atom. The standard InChI is InChI=1S/C12H12Br2N2O2S2/c13-8-1-3-10(14)11(7-8)16-20(17,18)12-4-2-9(19-12)5-6-15/h1-4,7,16H,5-6,15H2. The van der Waals surface area contributed by atoms with E-state index in [1.165, 1.54) is 11.3 Å². The lowest BCUT2D eigenvalue weighted by Gasteiger charge is -2.08. The van der Waals surface area contributed by atoms with Crippen LogP contribution in [-0.4, -0.2) is 15.0 Å². The molecule has 0 fully saturated rings. The number of hydrogen-bond donors (Lipinski definition) is 2. The molecule has 0 radical (unpaired) electrons. The van der Waals surface area contributed by atoms with Crippen LogP contribution >= 0.6 is 43.2 Å². The van der Waals surface area contributed by atoms with E-state index in [1.54, 1.807) is 24.3 Å². The molecule has 0 aliphatic rings. The maximum atomic E-state index is 12.3. The van der Waals surface area contributed by atoms with Crippen molar-refractivity contribution in [2.45, 2.75) is 10.6 Å². The Labute approximate surface area is 138 Å². The highest BCUT2D eigenvalue weighted by atomic mass is 79.9. The highest BCUT2D eigenvalue weighted by Gasteiger charge is 2.18. The first-order valence-corrected chi connectivity index (χ1v) is 9.57. The Morgan fingerprint density at radius 1 is 1.20 bits per heavy atom. The molecule has 2 rings (SSSR count). The number of rotatable bonds is 5. The summed E-state index contributed by atoms with van der Waals surface area (Å²) in [6.07, 6.45) is 0.681. The Bertz CT molecular complexity index is 714. The largest absolute Gasteiger partial charge is 0.330 e.